The van der Waals surface area contributed by atoms with Crippen molar-refractivity contribution in [3.05, 3.63) is 56.2 Å². The van der Waals surface area contributed by atoms with Crippen molar-refractivity contribution >= 4 is 22.9 Å². The van der Waals surface area contributed by atoms with Crippen LogP contribution in [0.5, 0.6) is 0 Å². The van der Waals surface area contributed by atoms with Crippen molar-refractivity contribution in [3.63, 3.8) is 0 Å². The lowest BCUT2D eigenvalue weighted by molar-refractivity contribution is 0.709. The molecular formula is C17H20ClNS. The fourth-order valence-electron chi connectivity index (χ4n) is 2.89. The molecule has 2 N–H and O–H groups in total. The van der Waals surface area contributed by atoms with E-state index in [-0.39, 0.29) is 6.04 Å². The number of fused-ring (bicyclic) bond motifs is 1. The summed E-state index contributed by atoms with van der Waals surface area (Å²) in [6, 6.07) is 10.5. The first-order chi connectivity index (χ1) is 9.72. The zero-order valence-electron chi connectivity index (χ0n) is 11.6. The summed E-state index contributed by atoms with van der Waals surface area (Å²) in [6.45, 7) is 0. The number of thiophene rings is 1. The summed E-state index contributed by atoms with van der Waals surface area (Å²) >= 11 is 7.96. The maximum Gasteiger partial charge on any atom is 0.0430 e. The zero-order valence-corrected chi connectivity index (χ0v) is 13.1. The van der Waals surface area contributed by atoms with E-state index in [4.69, 9.17) is 17.3 Å². The van der Waals surface area contributed by atoms with Crippen LogP contribution in [0.4, 0.5) is 0 Å². The number of benzene rings is 1. The molecule has 3 rings (SSSR count). The summed E-state index contributed by atoms with van der Waals surface area (Å²) in [5, 5.41) is 0.789. The Hall–Kier alpha value is -0.830. The van der Waals surface area contributed by atoms with Crippen molar-refractivity contribution < 1.29 is 0 Å². The summed E-state index contributed by atoms with van der Waals surface area (Å²) in [5.41, 5.74) is 9.16. The lowest BCUT2D eigenvalue weighted by atomic mass is 10.0. The van der Waals surface area contributed by atoms with Crippen LogP contribution >= 0.6 is 22.9 Å². The van der Waals surface area contributed by atoms with Crippen LogP contribution in [0.25, 0.3) is 0 Å². The molecule has 1 heterocycles. The average molecular weight is 306 g/mol. The molecule has 3 heteroatoms. The van der Waals surface area contributed by atoms with Crippen molar-refractivity contribution in [2.24, 2.45) is 5.73 Å². The summed E-state index contributed by atoms with van der Waals surface area (Å²) in [4.78, 5) is 2.90. The highest BCUT2D eigenvalue weighted by molar-refractivity contribution is 7.12. The van der Waals surface area contributed by atoms with Gasteiger partial charge in [0.05, 0.1) is 0 Å². The van der Waals surface area contributed by atoms with Crippen LogP contribution in [0, 0.1) is 0 Å². The summed E-state index contributed by atoms with van der Waals surface area (Å²) in [6.07, 6.45) is 7.36. The number of aryl methyl sites for hydroxylation is 2. The quantitative estimate of drug-likeness (QED) is 0.801. The van der Waals surface area contributed by atoms with Crippen molar-refractivity contribution in [2.45, 2.75) is 44.6 Å². The van der Waals surface area contributed by atoms with Crippen LogP contribution in [0.2, 0.25) is 5.02 Å². The van der Waals surface area contributed by atoms with Crippen LogP contribution in [0.1, 0.15) is 46.2 Å². The first kappa shape index (κ1) is 14.1. The Morgan fingerprint density at radius 2 is 2.00 bits per heavy atom. The lowest BCUT2D eigenvalue weighted by Crippen LogP contribution is -2.11. The fraction of sp³-hybridized carbons (Fsp3) is 0.412. The molecule has 0 amide bonds. The number of rotatable bonds is 3. The molecule has 0 bridgehead atoms. The van der Waals surface area contributed by atoms with Crippen molar-refractivity contribution in [2.75, 3.05) is 0 Å². The normalized spacial score (nSPS) is 16.5. The monoisotopic (exact) mass is 305 g/mol. The molecule has 1 atom stereocenters. The van der Waals surface area contributed by atoms with Gasteiger partial charge in [-0.2, -0.15) is 0 Å². The average Bonchev–Trinajstić information content (AvgIpc) is 2.70. The van der Waals surface area contributed by atoms with Gasteiger partial charge in [0, 0.05) is 20.8 Å². The first-order valence-electron chi connectivity index (χ1n) is 7.34. The third-order valence-corrected chi connectivity index (χ3v) is 5.58. The Morgan fingerprint density at radius 3 is 2.85 bits per heavy atom. The van der Waals surface area contributed by atoms with E-state index >= 15 is 0 Å². The van der Waals surface area contributed by atoms with E-state index in [1.54, 1.807) is 10.4 Å². The van der Waals surface area contributed by atoms with E-state index in [0.29, 0.717) is 0 Å². The van der Waals surface area contributed by atoms with Crippen LogP contribution < -0.4 is 5.73 Å². The summed E-state index contributed by atoms with van der Waals surface area (Å²) < 4.78 is 0. The van der Waals surface area contributed by atoms with Crippen LogP contribution in [0.3, 0.4) is 0 Å². The number of hydrogen-bond donors (Lipinski definition) is 1. The van der Waals surface area contributed by atoms with Crippen molar-refractivity contribution in [1.29, 1.82) is 0 Å². The second-order valence-electron chi connectivity index (χ2n) is 5.60. The zero-order chi connectivity index (χ0) is 13.9. The highest BCUT2D eigenvalue weighted by Crippen LogP contribution is 2.32. The topological polar surface area (TPSA) is 26.0 Å². The van der Waals surface area contributed by atoms with Crippen molar-refractivity contribution in [1.82, 2.24) is 0 Å². The number of nitrogens with two attached hydrogens (primary N) is 1. The van der Waals surface area contributed by atoms with Gasteiger partial charge in [-0.1, -0.05) is 30.2 Å². The molecule has 20 heavy (non-hydrogen) atoms. The molecule has 1 unspecified atom stereocenters. The Bertz CT molecular complexity index is 567. The molecule has 0 saturated carbocycles. The molecule has 0 aliphatic heterocycles. The van der Waals surface area contributed by atoms with E-state index in [1.165, 1.54) is 42.5 Å². The molecule has 106 valence electrons. The molecule has 0 saturated heterocycles. The second kappa shape index (κ2) is 6.30. The van der Waals surface area contributed by atoms with Gasteiger partial charge in [-0.3, -0.25) is 0 Å². The van der Waals surface area contributed by atoms with E-state index in [1.807, 2.05) is 29.5 Å². The van der Waals surface area contributed by atoms with Gasteiger partial charge in [0.25, 0.3) is 0 Å². The number of halogens is 1. The molecule has 1 aromatic heterocycles. The maximum atomic E-state index is 6.40. The third kappa shape index (κ3) is 3.25. The Labute approximate surface area is 129 Å². The SMILES string of the molecule is NC(Cc1cccc(Cl)c1)c1cc2c(s1)CCCCC2. The molecule has 0 spiro atoms. The Kier molecular flexibility index (Phi) is 4.45. The highest BCUT2D eigenvalue weighted by Gasteiger charge is 2.16. The van der Waals surface area contributed by atoms with Gasteiger partial charge in [0.15, 0.2) is 0 Å². The largest absolute Gasteiger partial charge is 0.323 e. The smallest absolute Gasteiger partial charge is 0.0430 e. The molecule has 1 aliphatic carbocycles. The first-order valence-corrected chi connectivity index (χ1v) is 8.53. The summed E-state index contributed by atoms with van der Waals surface area (Å²) in [5.74, 6) is 0. The molecule has 1 aromatic carbocycles. The molecule has 1 aliphatic rings. The lowest BCUT2D eigenvalue weighted by Gasteiger charge is -2.10. The van der Waals surface area contributed by atoms with E-state index in [9.17, 15) is 0 Å². The van der Waals surface area contributed by atoms with E-state index < -0.39 is 0 Å². The minimum absolute atomic E-state index is 0.0883. The van der Waals surface area contributed by atoms with Gasteiger partial charge >= 0.3 is 0 Å². The van der Waals surface area contributed by atoms with Crippen LogP contribution in [-0.4, -0.2) is 0 Å². The van der Waals surface area contributed by atoms with Gasteiger partial charge in [-0.15, -0.1) is 11.3 Å². The summed E-state index contributed by atoms with van der Waals surface area (Å²) in [7, 11) is 0. The predicted molar refractivity (Wildman–Crippen MR) is 87.7 cm³/mol. The molecule has 2 aromatic rings. The second-order valence-corrected chi connectivity index (χ2v) is 7.20. The van der Waals surface area contributed by atoms with Crippen LogP contribution in [-0.2, 0) is 19.3 Å². The minimum Gasteiger partial charge on any atom is -0.323 e. The fourth-order valence-corrected chi connectivity index (χ4v) is 4.36. The van der Waals surface area contributed by atoms with Crippen molar-refractivity contribution in [3.8, 4) is 0 Å². The standard InChI is InChI=1S/C17H20ClNS/c18-14-7-4-5-12(9-14)10-15(19)17-11-13-6-2-1-3-8-16(13)20-17/h4-5,7,9,11,15H,1-3,6,8,10,19H2. The molecule has 0 fully saturated rings. The molecular weight excluding hydrogens is 286 g/mol. The van der Waals surface area contributed by atoms with Gasteiger partial charge in [-0.05, 0) is 61.4 Å². The Morgan fingerprint density at radius 1 is 1.15 bits per heavy atom. The maximum absolute atomic E-state index is 6.40. The molecule has 1 nitrogen and oxygen atoms in total. The van der Waals surface area contributed by atoms with E-state index in [0.717, 1.165) is 11.4 Å². The minimum atomic E-state index is 0.0883. The van der Waals surface area contributed by atoms with Gasteiger partial charge in [-0.25, -0.2) is 0 Å². The molecule has 0 radical (unpaired) electrons. The predicted octanol–water partition coefficient (Wildman–Crippen LogP) is 4.91. The third-order valence-electron chi connectivity index (χ3n) is 3.98. The van der Waals surface area contributed by atoms with Gasteiger partial charge in [0.2, 0.25) is 0 Å². The van der Waals surface area contributed by atoms with E-state index in [2.05, 4.69) is 12.1 Å². The van der Waals surface area contributed by atoms with Crippen LogP contribution in [0.15, 0.2) is 30.3 Å². The van der Waals surface area contributed by atoms with Gasteiger partial charge in [0.1, 0.15) is 0 Å². The number of hydrogen-bond acceptors (Lipinski definition) is 2. The Balaban J connectivity index is 1.75. The van der Waals surface area contributed by atoms with Gasteiger partial charge < -0.3 is 5.73 Å². The highest BCUT2D eigenvalue weighted by atomic mass is 35.5.